The van der Waals surface area contributed by atoms with Gasteiger partial charge in [-0.1, -0.05) is 23.7 Å². The second-order valence-electron chi connectivity index (χ2n) is 4.75. The van der Waals surface area contributed by atoms with Crippen LogP contribution in [-0.2, 0) is 4.74 Å². The second kappa shape index (κ2) is 6.54. The zero-order valence-corrected chi connectivity index (χ0v) is 12.7. The third-order valence-electron chi connectivity index (χ3n) is 3.16. The number of halogens is 1. The van der Waals surface area contributed by atoms with E-state index in [-0.39, 0.29) is 18.1 Å². The molecule has 0 saturated heterocycles. The SMILES string of the molecule is O=C(COC(=O)c1cnc2ccccc2n1)c1ccc(Cl)cc1. The Bertz CT molecular complexity index is 878. The maximum atomic E-state index is 12.0. The first kappa shape index (κ1) is 15.1. The molecule has 0 spiro atoms. The van der Waals surface area contributed by atoms with Gasteiger partial charge in [0.05, 0.1) is 17.2 Å². The van der Waals surface area contributed by atoms with Gasteiger partial charge in [-0.05, 0) is 36.4 Å². The number of fused-ring (bicyclic) bond motifs is 1. The summed E-state index contributed by atoms with van der Waals surface area (Å²) in [6.07, 6.45) is 1.33. The number of para-hydroxylation sites is 2. The van der Waals surface area contributed by atoms with Gasteiger partial charge in [0, 0.05) is 10.6 Å². The summed E-state index contributed by atoms with van der Waals surface area (Å²) in [5.41, 5.74) is 1.76. The van der Waals surface area contributed by atoms with Crippen molar-refractivity contribution >= 4 is 34.4 Å². The number of ether oxygens (including phenoxy) is 1. The largest absolute Gasteiger partial charge is 0.453 e. The standard InChI is InChI=1S/C17H11ClN2O3/c18-12-7-5-11(6-8-12)16(21)10-23-17(22)15-9-19-13-3-1-2-4-14(13)20-15/h1-9H,10H2. The fraction of sp³-hybridized carbons (Fsp3) is 0.0588. The molecule has 1 aromatic heterocycles. The van der Waals surface area contributed by atoms with E-state index in [9.17, 15) is 9.59 Å². The highest BCUT2D eigenvalue weighted by Gasteiger charge is 2.14. The summed E-state index contributed by atoms with van der Waals surface area (Å²) in [4.78, 5) is 32.2. The lowest BCUT2D eigenvalue weighted by atomic mass is 10.1. The van der Waals surface area contributed by atoms with Crippen LogP contribution in [0, 0.1) is 0 Å². The van der Waals surface area contributed by atoms with Gasteiger partial charge < -0.3 is 4.74 Å². The number of aromatic nitrogens is 2. The number of carbonyl (C=O) groups is 2. The molecule has 5 nitrogen and oxygen atoms in total. The van der Waals surface area contributed by atoms with E-state index in [4.69, 9.17) is 16.3 Å². The quantitative estimate of drug-likeness (QED) is 0.543. The van der Waals surface area contributed by atoms with Crippen LogP contribution in [-0.4, -0.2) is 28.3 Å². The first-order valence-electron chi connectivity index (χ1n) is 6.81. The number of hydrogen-bond donors (Lipinski definition) is 0. The molecule has 3 rings (SSSR count). The number of hydrogen-bond acceptors (Lipinski definition) is 5. The van der Waals surface area contributed by atoms with Crippen molar-refractivity contribution < 1.29 is 14.3 Å². The molecule has 0 radical (unpaired) electrons. The Balaban J connectivity index is 1.68. The molecule has 0 N–H and O–H groups in total. The molecule has 0 aliphatic heterocycles. The van der Waals surface area contributed by atoms with Gasteiger partial charge >= 0.3 is 5.97 Å². The van der Waals surface area contributed by atoms with Crippen LogP contribution in [0.4, 0.5) is 0 Å². The topological polar surface area (TPSA) is 69.2 Å². The lowest BCUT2D eigenvalue weighted by Crippen LogP contribution is -2.15. The number of rotatable bonds is 4. The summed E-state index contributed by atoms with van der Waals surface area (Å²) in [6, 6.07) is 13.5. The lowest BCUT2D eigenvalue weighted by molar-refractivity contribution is 0.0469. The minimum absolute atomic E-state index is 0.0626. The van der Waals surface area contributed by atoms with Crippen LogP contribution < -0.4 is 0 Å². The first-order valence-corrected chi connectivity index (χ1v) is 7.19. The van der Waals surface area contributed by atoms with Gasteiger partial charge in [0.1, 0.15) is 0 Å². The summed E-state index contributed by atoms with van der Waals surface area (Å²) >= 11 is 5.76. The molecular formula is C17H11ClN2O3. The maximum Gasteiger partial charge on any atom is 0.359 e. The summed E-state index contributed by atoms with van der Waals surface area (Å²) in [7, 11) is 0. The van der Waals surface area contributed by atoms with Gasteiger partial charge in [0.15, 0.2) is 18.1 Å². The van der Waals surface area contributed by atoms with Crippen molar-refractivity contribution in [2.24, 2.45) is 0 Å². The Labute approximate surface area is 136 Å². The van der Waals surface area contributed by atoms with Gasteiger partial charge in [-0.2, -0.15) is 0 Å². The molecule has 0 aliphatic carbocycles. The molecule has 3 aromatic rings. The average molecular weight is 327 g/mol. The van der Waals surface area contributed by atoms with E-state index in [0.717, 1.165) is 0 Å². The van der Waals surface area contributed by atoms with Crippen LogP contribution in [0.1, 0.15) is 20.8 Å². The number of benzene rings is 2. The van der Waals surface area contributed by atoms with Crippen LogP contribution >= 0.6 is 11.6 Å². The zero-order chi connectivity index (χ0) is 16.2. The number of esters is 1. The van der Waals surface area contributed by atoms with E-state index in [1.165, 1.54) is 6.20 Å². The van der Waals surface area contributed by atoms with Crippen molar-refractivity contribution in [3.05, 3.63) is 71.0 Å². The summed E-state index contributed by atoms with van der Waals surface area (Å²) in [5.74, 6) is -1.01. The normalized spacial score (nSPS) is 10.5. The molecule has 0 unspecified atom stereocenters. The second-order valence-corrected chi connectivity index (χ2v) is 5.19. The minimum Gasteiger partial charge on any atom is -0.453 e. The van der Waals surface area contributed by atoms with Gasteiger partial charge in [0.25, 0.3) is 0 Å². The van der Waals surface area contributed by atoms with E-state index in [1.54, 1.807) is 42.5 Å². The van der Waals surface area contributed by atoms with E-state index in [0.29, 0.717) is 21.6 Å². The van der Waals surface area contributed by atoms with Gasteiger partial charge in [-0.25, -0.2) is 9.78 Å². The predicted molar refractivity (Wildman–Crippen MR) is 85.6 cm³/mol. The van der Waals surface area contributed by atoms with Gasteiger partial charge in [-0.3, -0.25) is 9.78 Å². The molecule has 0 amide bonds. The van der Waals surface area contributed by atoms with Crippen molar-refractivity contribution in [1.29, 1.82) is 0 Å². The van der Waals surface area contributed by atoms with Gasteiger partial charge in [0.2, 0.25) is 0 Å². The molecule has 0 fully saturated rings. The smallest absolute Gasteiger partial charge is 0.359 e. The first-order chi connectivity index (χ1) is 11.1. The van der Waals surface area contributed by atoms with Crippen molar-refractivity contribution in [2.45, 2.75) is 0 Å². The Kier molecular flexibility index (Phi) is 4.30. The van der Waals surface area contributed by atoms with Crippen LogP contribution in [0.2, 0.25) is 5.02 Å². The van der Waals surface area contributed by atoms with E-state index in [2.05, 4.69) is 9.97 Å². The Morgan fingerprint density at radius 3 is 2.43 bits per heavy atom. The molecule has 6 heteroatoms. The molecule has 2 aromatic carbocycles. The van der Waals surface area contributed by atoms with Crippen molar-refractivity contribution in [3.63, 3.8) is 0 Å². The number of nitrogens with zero attached hydrogens (tertiary/aromatic N) is 2. The Morgan fingerprint density at radius 1 is 1.00 bits per heavy atom. The maximum absolute atomic E-state index is 12.0. The van der Waals surface area contributed by atoms with Crippen molar-refractivity contribution in [2.75, 3.05) is 6.61 Å². The highest BCUT2D eigenvalue weighted by atomic mass is 35.5. The number of Topliss-reactive ketones (excluding diaryl/α,β-unsaturated/α-hetero) is 1. The number of ketones is 1. The molecule has 23 heavy (non-hydrogen) atoms. The van der Waals surface area contributed by atoms with Crippen LogP contribution in [0.5, 0.6) is 0 Å². The molecule has 0 aliphatic rings. The fourth-order valence-corrected chi connectivity index (χ4v) is 2.11. The molecular weight excluding hydrogens is 316 g/mol. The third kappa shape index (κ3) is 3.52. The third-order valence-corrected chi connectivity index (χ3v) is 3.41. The van der Waals surface area contributed by atoms with E-state index >= 15 is 0 Å². The minimum atomic E-state index is -0.689. The average Bonchev–Trinajstić information content (AvgIpc) is 2.59. The zero-order valence-electron chi connectivity index (χ0n) is 11.9. The molecule has 1 heterocycles. The van der Waals surface area contributed by atoms with Gasteiger partial charge in [-0.15, -0.1) is 0 Å². The fourth-order valence-electron chi connectivity index (χ4n) is 1.98. The summed E-state index contributed by atoms with van der Waals surface area (Å²) in [6.45, 7) is -0.366. The molecule has 0 bridgehead atoms. The molecule has 0 saturated carbocycles. The van der Waals surface area contributed by atoms with E-state index in [1.807, 2.05) is 6.07 Å². The summed E-state index contributed by atoms with van der Waals surface area (Å²) in [5, 5.41) is 0.532. The predicted octanol–water partition coefficient (Wildman–Crippen LogP) is 3.32. The lowest BCUT2D eigenvalue weighted by Gasteiger charge is -2.05. The molecule has 114 valence electrons. The summed E-state index contributed by atoms with van der Waals surface area (Å²) < 4.78 is 5.00. The van der Waals surface area contributed by atoms with Crippen LogP contribution in [0.3, 0.4) is 0 Å². The highest BCUT2D eigenvalue weighted by Crippen LogP contribution is 2.11. The van der Waals surface area contributed by atoms with E-state index < -0.39 is 5.97 Å². The molecule has 0 atom stereocenters. The van der Waals surface area contributed by atoms with Crippen molar-refractivity contribution in [3.8, 4) is 0 Å². The monoisotopic (exact) mass is 326 g/mol. The van der Waals surface area contributed by atoms with Crippen LogP contribution in [0.25, 0.3) is 11.0 Å². The highest BCUT2D eigenvalue weighted by molar-refractivity contribution is 6.30. The van der Waals surface area contributed by atoms with Crippen LogP contribution in [0.15, 0.2) is 54.7 Å². The Morgan fingerprint density at radius 2 is 1.70 bits per heavy atom. The number of carbonyl (C=O) groups excluding carboxylic acids is 2. The van der Waals surface area contributed by atoms with Crippen molar-refractivity contribution in [1.82, 2.24) is 9.97 Å². The Hall–Kier alpha value is -2.79.